The van der Waals surface area contributed by atoms with E-state index >= 15 is 0 Å². The van der Waals surface area contributed by atoms with E-state index < -0.39 is 29.7 Å². The average Bonchev–Trinajstić information content (AvgIpc) is 3.07. The quantitative estimate of drug-likeness (QED) is 0.316. The minimum Gasteiger partial charge on any atom is -0.465 e. The molecule has 0 saturated carbocycles. The molecule has 0 saturated heterocycles. The lowest BCUT2D eigenvalue weighted by Crippen LogP contribution is -2.46. The first-order valence-electron chi connectivity index (χ1n) is 12.6. The van der Waals surface area contributed by atoms with Crippen LogP contribution in [-0.4, -0.2) is 51.7 Å². The van der Waals surface area contributed by atoms with E-state index in [1.54, 1.807) is 60.8 Å². The molecule has 0 bridgehead atoms. The Morgan fingerprint density at radius 3 is 2.49 bits per heavy atom. The number of nitrogens with one attached hydrogen (secondary N) is 2. The van der Waals surface area contributed by atoms with Gasteiger partial charge in [0, 0.05) is 36.1 Å². The van der Waals surface area contributed by atoms with Crippen LogP contribution in [0.3, 0.4) is 0 Å². The zero-order valence-electron chi connectivity index (χ0n) is 21.8. The molecule has 3 heterocycles. The lowest BCUT2D eigenvalue weighted by molar-refractivity contribution is -0.120. The van der Waals surface area contributed by atoms with E-state index in [-0.39, 0.29) is 35.5 Å². The summed E-state index contributed by atoms with van der Waals surface area (Å²) in [7, 11) is 1.24. The SMILES string of the molecule is COC(=O)c1ccc(CN2C(=O)c3ccc(Cl)cc3NC(=O)C2Cc2ccccn2)cc1NC(=O)c1ccccn1. The van der Waals surface area contributed by atoms with Crippen LogP contribution in [0.25, 0.3) is 0 Å². The Balaban J connectivity index is 1.53. The van der Waals surface area contributed by atoms with E-state index in [2.05, 4.69) is 20.6 Å². The Bertz CT molecular complexity index is 1630. The molecule has 3 amide bonds. The number of esters is 1. The van der Waals surface area contributed by atoms with Gasteiger partial charge in [-0.05, 0) is 60.2 Å². The summed E-state index contributed by atoms with van der Waals surface area (Å²) in [5.74, 6) is -1.99. The highest BCUT2D eigenvalue weighted by Gasteiger charge is 2.36. The molecule has 0 fully saturated rings. The predicted octanol–water partition coefficient (Wildman–Crippen LogP) is 4.37. The van der Waals surface area contributed by atoms with Gasteiger partial charge in [-0.2, -0.15) is 0 Å². The molecular formula is C30H24ClN5O5. The van der Waals surface area contributed by atoms with Crippen molar-refractivity contribution in [2.75, 3.05) is 17.7 Å². The number of aromatic nitrogens is 2. The van der Waals surface area contributed by atoms with Gasteiger partial charge in [0.25, 0.3) is 11.8 Å². The van der Waals surface area contributed by atoms with Crippen LogP contribution in [0.5, 0.6) is 0 Å². The lowest BCUT2D eigenvalue weighted by Gasteiger charge is -2.29. The van der Waals surface area contributed by atoms with E-state index in [0.29, 0.717) is 22.0 Å². The number of anilines is 2. The van der Waals surface area contributed by atoms with Gasteiger partial charge in [0.2, 0.25) is 5.91 Å². The molecular weight excluding hydrogens is 546 g/mol. The maximum absolute atomic E-state index is 13.9. The van der Waals surface area contributed by atoms with Crippen molar-refractivity contribution in [1.29, 1.82) is 0 Å². The molecule has 0 radical (unpaired) electrons. The summed E-state index contributed by atoms with van der Waals surface area (Å²) in [5.41, 5.74) is 2.21. The van der Waals surface area contributed by atoms with Gasteiger partial charge in [0.1, 0.15) is 11.7 Å². The molecule has 1 atom stereocenters. The third-order valence-electron chi connectivity index (χ3n) is 6.53. The van der Waals surface area contributed by atoms with Crippen molar-refractivity contribution in [3.8, 4) is 0 Å². The van der Waals surface area contributed by atoms with E-state index in [0.717, 1.165) is 0 Å². The van der Waals surface area contributed by atoms with Crippen LogP contribution in [0.1, 0.15) is 42.5 Å². The van der Waals surface area contributed by atoms with Gasteiger partial charge in [0.15, 0.2) is 0 Å². The summed E-state index contributed by atoms with van der Waals surface area (Å²) in [6, 6.07) is 18.7. The zero-order valence-corrected chi connectivity index (χ0v) is 22.6. The maximum Gasteiger partial charge on any atom is 0.339 e. The van der Waals surface area contributed by atoms with Gasteiger partial charge >= 0.3 is 5.97 Å². The van der Waals surface area contributed by atoms with Crippen molar-refractivity contribution < 1.29 is 23.9 Å². The first-order chi connectivity index (χ1) is 19.8. The molecule has 206 valence electrons. The smallest absolute Gasteiger partial charge is 0.339 e. The molecule has 4 aromatic rings. The first-order valence-corrected chi connectivity index (χ1v) is 13.0. The van der Waals surface area contributed by atoms with Crippen molar-refractivity contribution in [2.24, 2.45) is 0 Å². The Morgan fingerprint density at radius 1 is 1.00 bits per heavy atom. The number of hydrogen-bond acceptors (Lipinski definition) is 7. The Hall–Kier alpha value is -5.09. The minimum absolute atomic E-state index is 0.0142. The minimum atomic E-state index is -0.921. The van der Waals surface area contributed by atoms with E-state index in [1.807, 2.05) is 0 Å². The topological polar surface area (TPSA) is 131 Å². The van der Waals surface area contributed by atoms with Crippen LogP contribution < -0.4 is 10.6 Å². The number of rotatable bonds is 7. The number of hydrogen-bond donors (Lipinski definition) is 2. The summed E-state index contributed by atoms with van der Waals surface area (Å²) in [5, 5.41) is 5.92. The molecule has 0 spiro atoms. The van der Waals surface area contributed by atoms with Crippen LogP contribution >= 0.6 is 11.6 Å². The second-order valence-electron chi connectivity index (χ2n) is 9.19. The number of carbonyl (C=O) groups is 4. The van der Waals surface area contributed by atoms with Crippen molar-refractivity contribution in [3.63, 3.8) is 0 Å². The molecule has 2 N–H and O–H groups in total. The van der Waals surface area contributed by atoms with E-state index in [9.17, 15) is 19.2 Å². The summed E-state index contributed by atoms with van der Waals surface area (Å²) in [4.78, 5) is 62.6. The van der Waals surface area contributed by atoms with Gasteiger partial charge in [-0.15, -0.1) is 0 Å². The van der Waals surface area contributed by atoms with Crippen molar-refractivity contribution in [1.82, 2.24) is 14.9 Å². The van der Waals surface area contributed by atoms with Crippen molar-refractivity contribution in [3.05, 3.63) is 118 Å². The van der Waals surface area contributed by atoms with Gasteiger partial charge < -0.3 is 20.3 Å². The summed E-state index contributed by atoms with van der Waals surface area (Å²) in [6.07, 6.45) is 3.26. The Kier molecular flexibility index (Phi) is 8.02. The average molecular weight is 570 g/mol. The highest BCUT2D eigenvalue weighted by molar-refractivity contribution is 6.31. The van der Waals surface area contributed by atoms with Crippen LogP contribution in [0.15, 0.2) is 85.2 Å². The fourth-order valence-corrected chi connectivity index (χ4v) is 4.70. The Morgan fingerprint density at radius 2 is 1.78 bits per heavy atom. The molecule has 41 heavy (non-hydrogen) atoms. The summed E-state index contributed by atoms with van der Waals surface area (Å²) in [6.45, 7) is -0.0142. The summed E-state index contributed by atoms with van der Waals surface area (Å²) < 4.78 is 4.89. The molecule has 2 aromatic heterocycles. The number of carbonyl (C=O) groups excluding carboxylic acids is 4. The molecule has 1 unspecified atom stereocenters. The van der Waals surface area contributed by atoms with Crippen molar-refractivity contribution in [2.45, 2.75) is 19.0 Å². The fourth-order valence-electron chi connectivity index (χ4n) is 4.52. The van der Waals surface area contributed by atoms with Gasteiger partial charge in [-0.25, -0.2) is 4.79 Å². The number of methoxy groups -OCH3 is 1. The second kappa shape index (κ2) is 12.0. The number of benzene rings is 2. The van der Waals surface area contributed by atoms with Gasteiger partial charge in [-0.1, -0.05) is 29.8 Å². The van der Waals surface area contributed by atoms with Crippen LogP contribution in [0.2, 0.25) is 5.02 Å². The largest absolute Gasteiger partial charge is 0.465 e. The highest BCUT2D eigenvalue weighted by atomic mass is 35.5. The second-order valence-corrected chi connectivity index (χ2v) is 9.63. The standard InChI is InChI=1S/C30H24ClN5O5/c1-41-30(40)22-10-8-18(14-24(22)34-27(37)23-7-3-5-13-33-23)17-36-26(16-20-6-2-4-12-32-20)28(38)35-25-15-19(31)9-11-21(25)29(36)39/h2-15,26H,16-17H2,1H3,(H,34,37)(H,35,38). The van der Waals surface area contributed by atoms with E-state index in [1.165, 1.54) is 36.4 Å². The first kappa shape index (κ1) is 27.5. The third kappa shape index (κ3) is 6.07. The fraction of sp³-hybridized carbons (Fsp3) is 0.133. The highest BCUT2D eigenvalue weighted by Crippen LogP contribution is 2.29. The van der Waals surface area contributed by atoms with Gasteiger partial charge in [0.05, 0.1) is 29.6 Å². The predicted molar refractivity (Wildman–Crippen MR) is 152 cm³/mol. The Labute approximate surface area is 240 Å². The molecule has 2 aromatic carbocycles. The molecule has 0 aliphatic carbocycles. The maximum atomic E-state index is 13.9. The third-order valence-corrected chi connectivity index (χ3v) is 6.76. The number of halogens is 1. The monoisotopic (exact) mass is 569 g/mol. The number of ether oxygens (including phenoxy) is 1. The zero-order chi connectivity index (χ0) is 28.9. The molecule has 1 aliphatic heterocycles. The molecule has 1 aliphatic rings. The van der Waals surface area contributed by atoms with Crippen LogP contribution in [0.4, 0.5) is 11.4 Å². The number of amides is 3. The lowest BCUT2D eigenvalue weighted by atomic mass is 10.0. The normalized spacial score (nSPS) is 14.5. The van der Waals surface area contributed by atoms with E-state index in [4.69, 9.17) is 16.3 Å². The molecule has 11 heteroatoms. The number of pyridine rings is 2. The van der Waals surface area contributed by atoms with Crippen LogP contribution in [-0.2, 0) is 22.5 Å². The summed E-state index contributed by atoms with van der Waals surface area (Å²) >= 11 is 6.15. The number of fused-ring (bicyclic) bond motifs is 1. The van der Waals surface area contributed by atoms with Gasteiger partial charge in [-0.3, -0.25) is 24.4 Å². The van der Waals surface area contributed by atoms with Crippen molar-refractivity contribution >= 4 is 46.7 Å². The van der Waals surface area contributed by atoms with Crippen LogP contribution in [0, 0.1) is 0 Å². The molecule has 10 nitrogen and oxygen atoms in total. The molecule has 5 rings (SSSR count). The number of nitrogens with zero attached hydrogens (tertiary/aromatic N) is 3.